The van der Waals surface area contributed by atoms with Crippen molar-refractivity contribution >= 4 is 23.9 Å². The van der Waals surface area contributed by atoms with Crippen molar-refractivity contribution in [2.45, 2.75) is 149 Å². The highest BCUT2D eigenvalue weighted by Gasteiger charge is 2.67. The Morgan fingerprint density at radius 2 is 1.40 bits per heavy atom. The lowest BCUT2D eigenvalue weighted by molar-refractivity contribution is -0.225. The van der Waals surface area contributed by atoms with Crippen molar-refractivity contribution in [3.05, 3.63) is 0 Å². The molecule has 0 amide bonds. The fourth-order valence-corrected chi connectivity index (χ4v) is 10.8. The molecule has 0 saturated heterocycles. The summed E-state index contributed by atoms with van der Waals surface area (Å²) in [4.78, 5) is 51.4. The van der Waals surface area contributed by atoms with Crippen LogP contribution < -0.4 is 17.2 Å². The molecule has 0 aromatic carbocycles. The van der Waals surface area contributed by atoms with E-state index in [9.17, 15) is 19.2 Å². The minimum absolute atomic E-state index is 0.0917. The van der Waals surface area contributed by atoms with Gasteiger partial charge in [-0.05, 0) is 92.8 Å². The molecule has 50 heavy (non-hydrogen) atoms. The molecule has 4 aliphatic carbocycles. The molecule has 11 atom stereocenters. The second-order valence-electron chi connectivity index (χ2n) is 16.3. The topological polar surface area (TPSA) is 183 Å². The Bertz CT molecular complexity index is 1150. The third kappa shape index (κ3) is 9.21. The zero-order valence-corrected chi connectivity index (χ0v) is 31.3. The Labute approximate surface area is 300 Å². The van der Waals surface area contributed by atoms with Gasteiger partial charge in [0, 0.05) is 37.4 Å². The largest absolute Gasteiger partial charge is 0.466 e. The van der Waals surface area contributed by atoms with Gasteiger partial charge in [0.05, 0.1) is 25.9 Å². The van der Waals surface area contributed by atoms with E-state index in [1.165, 1.54) is 0 Å². The van der Waals surface area contributed by atoms with E-state index >= 15 is 0 Å². The summed E-state index contributed by atoms with van der Waals surface area (Å²) >= 11 is 0. The van der Waals surface area contributed by atoms with E-state index in [1.807, 2.05) is 0 Å². The summed E-state index contributed by atoms with van der Waals surface area (Å²) in [6.07, 6.45) is 10.6. The van der Waals surface area contributed by atoms with E-state index in [-0.39, 0.29) is 127 Å². The quantitative estimate of drug-likeness (QED) is 0.0970. The van der Waals surface area contributed by atoms with Crippen molar-refractivity contribution in [1.82, 2.24) is 0 Å². The monoisotopic (exact) mass is 705 g/mol. The molecule has 286 valence electrons. The number of hydrogen-bond acceptors (Lipinski definition) is 11. The summed E-state index contributed by atoms with van der Waals surface area (Å²) in [5.74, 6) is -0.00890. The van der Waals surface area contributed by atoms with Crippen molar-refractivity contribution < 1.29 is 38.1 Å². The second kappa shape index (κ2) is 18.5. The van der Waals surface area contributed by atoms with Crippen LogP contribution in [0, 0.1) is 46.3 Å². The van der Waals surface area contributed by atoms with E-state index < -0.39 is 0 Å². The normalized spacial score (nSPS) is 35.2. The van der Waals surface area contributed by atoms with Crippen LogP contribution in [0.25, 0.3) is 0 Å². The lowest BCUT2D eigenvalue weighted by Gasteiger charge is -2.64. The molecule has 4 rings (SSSR count). The first-order chi connectivity index (χ1) is 23.9. The van der Waals surface area contributed by atoms with Gasteiger partial charge in [-0.25, -0.2) is 0 Å². The Kier molecular flexibility index (Phi) is 15.0. The molecule has 0 bridgehead atoms. The first kappa shape index (κ1) is 40.5. The highest BCUT2D eigenvalue weighted by Crippen LogP contribution is 2.69. The highest BCUT2D eigenvalue weighted by atomic mass is 16.6. The Hall–Kier alpha value is -2.24. The minimum Gasteiger partial charge on any atom is -0.466 e. The summed E-state index contributed by atoms with van der Waals surface area (Å²) < 4.78 is 24.2. The molecular formula is C39H67N3O8. The molecule has 0 spiro atoms. The van der Waals surface area contributed by atoms with Gasteiger partial charge in [0.1, 0.15) is 18.3 Å². The van der Waals surface area contributed by atoms with Crippen molar-refractivity contribution in [2.24, 2.45) is 63.5 Å². The van der Waals surface area contributed by atoms with Crippen LogP contribution in [-0.2, 0) is 38.1 Å². The summed E-state index contributed by atoms with van der Waals surface area (Å²) in [6.45, 7) is 10.2. The van der Waals surface area contributed by atoms with Gasteiger partial charge in [-0.15, -0.1) is 0 Å². The van der Waals surface area contributed by atoms with Gasteiger partial charge < -0.3 is 36.1 Å². The molecule has 4 fully saturated rings. The van der Waals surface area contributed by atoms with Crippen LogP contribution in [0.1, 0.15) is 130 Å². The summed E-state index contributed by atoms with van der Waals surface area (Å²) in [7, 11) is 0. The van der Waals surface area contributed by atoms with Crippen LogP contribution in [0.4, 0.5) is 0 Å². The predicted molar refractivity (Wildman–Crippen MR) is 190 cm³/mol. The number of rotatable bonds is 18. The maximum absolute atomic E-state index is 13.2. The number of hydrogen-bond donors (Lipinski definition) is 3. The highest BCUT2D eigenvalue weighted by molar-refractivity contribution is 5.71. The van der Waals surface area contributed by atoms with Gasteiger partial charge in [-0.1, -0.05) is 47.0 Å². The van der Waals surface area contributed by atoms with E-state index in [0.717, 1.165) is 51.4 Å². The smallest absolute Gasteiger partial charge is 0.307 e. The zero-order chi connectivity index (χ0) is 36.5. The average molecular weight is 706 g/mol. The maximum Gasteiger partial charge on any atom is 0.307 e. The Morgan fingerprint density at radius 1 is 0.740 bits per heavy atom. The number of carbonyl (C=O) groups is 4. The number of fused-ring (bicyclic) bond motifs is 5. The van der Waals surface area contributed by atoms with Crippen LogP contribution in [0.15, 0.2) is 0 Å². The molecular weight excluding hydrogens is 638 g/mol. The van der Waals surface area contributed by atoms with Gasteiger partial charge >= 0.3 is 23.9 Å². The van der Waals surface area contributed by atoms with Crippen LogP contribution in [0.2, 0.25) is 0 Å². The molecule has 0 aliphatic heterocycles. The van der Waals surface area contributed by atoms with Crippen LogP contribution in [-0.4, -0.2) is 68.4 Å². The average Bonchev–Trinajstić information content (AvgIpc) is 3.43. The molecule has 11 nitrogen and oxygen atoms in total. The van der Waals surface area contributed by atoms with Crippen LogP contribution in [0.5, 0.6) is 0 Å². The van der Waals surface area contributed by atoms with Crippen molar-refractivity contribution in [2.75, 3.05) is 26.2 Å². The second-order valence-corrected chi connectivity index (χ2v) is 16.3. The number of unbranched alkanes of at least 4 members (excludes halogenated alkanes) is 3. The molecule has 0 aromatic heterocycles. The fourth-order valence-electron chi connectivity index (χ4n) is 10.8. The van der Waals surface area contributed by atoms with Crippen LogP contribution >= 0.6 is 0 Å². The standard InChI is InChI=1S/C39H67N3O8/c1-5-6-7-8-21-47-33(43)12-9-25(2)28-10-11-29-37-30(24-32(39(28,29)4)50-36(46)16-20-42)38(3)17-13-27(48-34(44)14-18-40)22-26(38)23-31(37)49-35(45)15-19-41/h25-32,37H,5-24,40-42H2,1-4H3/t25-,26?,27-,28-,29+,30+,31-,32+,37?,38+,39-/m1/s1. The SMILES string of the molecule is CCCCCCOC(=O)CC[C@@H](C)[C@H]1CC[C@H]2C3[C@H](OC(=O)CCN)CC4C[C@H](OC(=O)CCN)CC[C@]4(C)[C@H]3C[C@H](OC(=O)CCN)[C@]12C. The molecule has 4 saturated carbocycles. The van der Waals surface area contributed by atoms with E-state index in [4.69, 9.17) is 36.1 Å². The van der Waals surface area contributed by atoms with Crippen molar-refractivity contribution in [3.63, 3.8) is 0 Å². The van der Waals surface area contributed by atoms with Gasteiger partial charge in [0.2, 0.25) is 0 Å². The maximum atomic E-state index is 13.2. The molecule has 6 N–H and O–H groups in total. The Balaban J connectivity index is 1.61. The molecule has 0 aromatic rings. The van der Waals surface area contributed by atoms with E-state index in [2.05, 4.69) is 27.7 Å². The number of nitrogens with two attached hydrogens (primary N) is 3. The number of ether oxygens (including phenoxy) is 4. The van der Waals surface area contributed by atoms with Gasteiger partial charge in [0.25, 0.3) is 0 Å². The summed E-state index contributed by atoms with van der Waals surface area (Å²) in [5, 5.41) is 0. The summed E-state index contributed by atoms with van der Waals surface area (Å²) in [6, 6.07) is 0. The summed E-state index contributed by atoms with van der Waals surface area (Å²) in [5.41, 5.74) is 16.7. The lowest BCUT2D eigenvalue weighted by atomic mass is 9.43. The molecule has 4 aliphatic rings. The predicted octanol–water partition coefficient (Wildman–Crippen LogP) is 5.19. The third-order valence-corrected chi connectivity index (χ3v) is 13.4. The molecule has 0 radical (unpaired) electrons. The minimum atomic E-state index is -0.369. The van der Waals surface area contributed by atoms with Gasteiger partial charge in [-0.2, -0.15) is 0 Å². The molecule has 0 heterocycles. The van der Waals surface area contributed by atoms with Gasteiger partial charge in [0.15, 0.2) is 0 Å². The number of esters is 4. The van der Waals surface area contributed by atoms with Crippen LogP contribution in [0.3, 0.4) is 0 Å². The zero-order valence-electron chi connectivity index (χ0n) is 31.3. The van der Waals surface area contributed by atoms with Crippen molar-refractivity contribution in [1.29, 1.82) is 0 Å². The third-order valence-electron chi connectivity index (χ3n) is 13.4. The van der Waals surface area contributed by atoms with E-state index in [0.29, 0.717) is 38.7 Å². The lowest BCUT2D eigenvalue weighted by Crippen LogP contribution is -2.63. The first-order valence-corrected chi connectivity index (χ1v) is 19.8. The van der Waals surface area contributed by atoms with Gasteiger partial charge in [-0.3, -0.25) is 19.2 Å². The number of carbonyl (C=O) groups excluding carboxylic acids is 4. The van der Waals surface area contributed by atoms with E-state index in [1.54, 1.807) is 0 Å². The Morgan fingerprint density at radius 3 is 2.06 bits per heavy atom. The fraction of sp³-hybridized carbons (Fsp3) is 0.897. The van der Waals surface area contributed by atoms with Crippen molar-refractivity contribution in [3.8, 4) is 0 Å². The molecule has 2 unspecified atom stereocenters. The first-order valence-electron chi connectivity index (χ1n) is 19.8. The molecule has 11 heteroatoms.